The molecule has 15 heavy (non-hydrogen) atoms. The molecule has 4 heteroatoms. The Labute approximate surface area is 92.1 Å². The molecule has 86 valence electrons. The van der Waals surface area contributed by atoms with Crippen LogP contribution in [0.5, 0.6) is 0 Å². The van der Waals surface area contributed by atoms with Crippen molar-refractivity contribution in [1.29, 1.82) is 0 Å². The fraction of sp³-hybridized carbons (Fsp3) is 0.818. The van der Waals surface area contributed by atoms with Crippen molar-refractivity contribution >= 4 is 0 Å². The van der Waals surface area contributed by atoms with Gasteiger partial charge < -0.3 is 5.32 Å². The first-order valence-corrected chi connectivity index (χ1v) is 5.65. The number of aryl methyl sites for hydroxylation is 2. The largest absolute Gasteiger partial charge is 0.317 e. The lowest BCUT2D eigenvalue weighted by Gasteiger charge is -2.19. The van der Waals surface area contributed by atoms with E-state index in [1.54, 1.807) is 6.33 Å². The molecule has 0 fully saturated rings. The molecule has 1 aromatic heterocycles. The first-order valence-electron chi connectivity index (χ1n) is 5.65. The zero-order chi connectivity index (χ0) is 11.3. The highest BCUT2D eigenvalue weighted by Crippen LogP contribution is 2.10. The highest BCUT2D eigenvalue weighted by molar-refractivity contribution is 4.84. The molecule has 1 N–H and O–H groups in total. The van der Waals surface area contributed by atoms with Crippen molar-refractivity contribution in [2.75, 3.05) is 7.05 Å². The van der Waals surface area contributed by atoms with E-state index in [1.807, 2.05) is 18.8 Å². The van der Waals surface area contributed by atoms with Crippen LogP contribution in [-0.4, -0.2) is 27.9 Å². The Morgan fingerprint density at radius 2 is 2.20 bits per heavy atom. The van der Waals surface area contributed by atoms with Crippen molar-refractivity contribution in [1.82, 2.24) is 20.1 Å². The van der Waals surface area contributed by atoms with E-state index in [0.29, 0.717) is 12.0 Å². The Balaban J connectivity index is 2.29. The zero-order valence-corrected chi connectivity index (χ0v) is 10.2. The fourth-order valence-corrected chi connectivity index (χ4v) is 1.84. The van der Waals surface area contributed by atoms with Gasteiger partial charge in [0.05, 0.1) is 0 Å². The van der Waals surface area contributed by atoms with Gasteiger partial charge in [0.2, 0.25) is 0 Å². The maximum atomic E-state index is 4.21. The molecule has 0 amide bonds. The van der Waals surface area contributed by atoms with Crippen molar-refractivity contribution in [2.45, 2.75) is 39.2 Å². The summed E-state index contributed by atoms with van der Waals surface area (Å²) in [4.78, 5) is 4.21. The average molecular weight is 210 g/mol. The number of nitrogens with one attached hydrogen (secondary N) is 1. The highest BCUT2D eigenvalue weighted by atomic mass is 15.3. The van der Waals surface area contributed by atoms with E-state index in [0.717, 1.165) is 18.7 Å². The molecular formula is C11H22N4. The number of nitrogens with zero attached hydrogens (tertiary/aromatic N) is 3. The Kier molecular flexibility index (Phi) is 4.75. The molecule has 0 bridgehead atoms. The number of rotatable bonds is 6. The van der Waals surface area contributed by atoms with Gasteiger partial charge in [-0.1, -0.05) is 13.8 Å². The molecule has 0 saturated heterocycles. The van der Waals surface area contributed by atoms with Crippen LogP contribution in [0.15, 0.2) is 6.33 Å². The van der Waals surface area contributed by atoms with E-state index in [2.05, 4.69) is 29.2 Å². The molecule has 0 spiro atoms. The van der Waals surface area contributed by atoms with Gasteiger partial charge >= 0.3 is 0 Å². The molecule has 0 aliphatic heterocycles. The third kappa shape index (κ3) is 3.63. The van der Waals surface area contributed by atoms with Gasteiger partial charge in [-0.3, -0.25) is 4.68 Å². The van der Waals surface area contributed by atoms with Crippen LogP contribution in [0.4, 0.5) is 0 Å². The lowest BCUT2D eigenvalue weighted by Crippen LogP contribution is -2.30. The second-order valence-corrected chi connectivity index (χ2v) is 4.33. The number of hydrogen-bond donors (Lipinski definition) is 1. The number of aromatic nitrogens is 3. The Morgan fingerprint density at radius 1 is 1.47 bits per heavy atom. The quantitative estimate of drug-likeness (QED) is 0.771. The van der Waals surface area contributed by atoms with E-state index >= 15 is 0 Å². The molecule has 1 heterocycles. The Morgan fingerprint density at radius 3 is 2.67 bits per heavy atom. The van der Waals surface area contributed by atoms with Gasteiger partial charge in [0, 0.05) is 19.5 Å². The summed E-state index contributed by atoms with van der Waals surface area (Å²) in [5.41, 5.74) is 0. The van der Waals surface area contributed by atoms with E-state index in [1.165, 1.54) is 6.42 Å². The summed E-state index contributed by atoms with van der Waals surface area (Å²) in [5.74, 6) is 1.77. The van der Waals surface area contributed by atoms with E-state index in [9.17, 15) is 0 Å². The first kappa shape index (κ1) is 12.2. The van der Waals surface area contributed by atoms with E-state index in [-0.39, 0.29) is 0 Å². The smallest absolute Gasteiger partial charge is 0.138 e. The Bertz CT molecular complexity index is 280. The monoisotopic (exact) mass is 210 g/mol. The minimum Gasteiger partial charge on any atom is -0.317 e. The molecule has 1 aromatic rings. The third-order valence-electron chi connectivity index (χ3n) is 2.90. The third-order valence-corrected chi connectivity index (χ3v) is 2.90. The van der Waals surface area contributed by atoms with Crippen LogP contribution in [0, 0.1) is 5.92 Å². The average Bonchev–Trinajstić information content (AvgIpc) is 2.58. The summed E-state index contributed by atoms with van der Waals surface area (Å²) in [7, 11) is 3.98. The lowest BCUT2D eigenvalue weighted by molar-refractivity contribution is 0.391. The fourth-order valence-electron chi connectivity index (χ4n) is 1.84. The van der Waals surface area contributed by atoms with Crippen molar-refractivity contribution in [3.05, 3.63) is 12.2 Å². The van der Waals surface area contributed by atoms with Gasteiger partial charge in [0.25, 0.3) is 0 Å². The number of hydrogen-bond acceptors (Lipinski definition) is 3. The van der Waals surface area contributed by atoms with Gasteiger partial charge in [-0.2, -0.15) is 5.10 Å². The minimum absolute atomic E-state index is 0.609. The molecule has 0 radical (unpaired) electrons. The van der Waals surface area contributed by atoms with Gasteiger partial charge in [0.1, 0.15) is 12.2 Å². The molecule has 0 aliphatic carbocycles. The summed E-state index contributed by atoms with van der Waals surface area (Å²) in [6.07, 6.45) is 4.99. The summed E-state index contributed by atoms with van der Waals surface area (Å²) in [6, 6.07) is 0.609. The van der Waals surface area contributed by atoms with Crippen LogP contribution in [-0.2, 0) is 13.5 Å². The molecule has 0 saturated carbocycles. The molecular weight excluding hydrogens is 188 g/mol. The van der Waals surface area contributed by atoms with E-state index in [4.69, 9.17) is 0 Å². The summed E-state index contributed by atoms with van der Waals surface area (Å²) >= 11 is 0. The van der Waals surface area contributed by atoms with Crippen LogP contribution in [0.25, 0.3) is 0 Å². The predicted molar refractivity (Wildman–Crippen MR) is 61.6 cm³/mol. The van der Waals surface area contributed by atoms with Crippen LogP contribution < -0.4 is 5.32 Å². The van der Waals surface area contributed by atoms with Crippen molar-refractivity contribution in [2.24, 2.45) is 13.0 Å². The van der Waals surface area contributed by atoms with Gasteiger partial charge in [-0.15, -0.1) is 0 Å². The SMILES string of the molecule is CNC(CCCc1ncnn1C)C(C)C. The van der Waals surface area contributed by atoms with Crippen LogP contribution in [0.3, 0.4) is 0 Å². The van der Waals surface area contributed by atoms with Crippen molar-refractivity contribution in [3.8, 4) is 0 Å². The molecule has 0 aliphatic rings. The van der Waals surface area contributed by atoms with Gasteiger partial charge in [-0.05, 0) is 25.8 Å². The molecule has 0 aromatic carbocycles. The predicted octanol–water partition coefficient (Wildman–Crippen LogP) is 1.38. The maximum Gasteiger partial charge on any atom is 0.138 e. The van der Waals surface area contributed by atoms with Crippen LogP contribution >= 0.6 is 0 Å². The maximum absolute atomic E-state index is 4.21. The zero-order valence-electron chi connectivity index (χ0n) is 10.2. The standard InChI is InChI=1S/C11H22N4/c1-9(2)10(12-3)6-5-7-11-13-8-14-15(11)4/h8-10,12H,5-7H2,1-4H3. The van der Waals surface area contributed by atoms with Gasteiger partial charge in [-0.25, -0.2) is 4.98 Å². The van der Waals surface area contributed by atoms with Crippen LogP contribution in [0.2, 0.25) is 0 Å². The second kappa shape index (κ2) is 5.85. The normalized spacial score (nSPS) is 13.4. The van der Waals surface area contributed by atoms with E-state index < -0.39 is 0 Å². The minimum atomic E-state index is 0.609. The topological polar surface area (TPSA) is 42.7 Å². The lowest BCUT2D eigenvalue weighted by atomic mass is 9.98. The van der Waals surface area contributed by atoms with Crippen molar-refractivity contribution < 1.29 is 0 Å². The van der Waals surface area contributed by atoms with Crippen molar-refractivity contribution in [3.63, 3.8) is 0 Å². The summed E-state index contributed by atoms with van der Waals surface area (Å²) in [5, 5.41) is 7.41. The highest BCUT2D eigenvalue weighted by Gasteiger charge is 2.10. The second-order valence-electron chi connectivity index (χ2n) is 4.33. The first-order chi connectivity index (χ1) is 7.15. The van der Waals surface area contributed by atoms with Gasteiger partial charge in [0.15, 0.2) is 0 Å². The summed E-state index contributed by atoms with van der Waals surface area (Å²) < 4.78 is 1.85. The Hall–Kier alpha value is -0.900. The molecule has 1 rings (SSSR count). The molecule has 4 nitrogen and oxygen atoms in total. The molecule has 1 atom stereocenters. The summed E-state index contributed by atoms with van der Waals surface area (Å²) in [6.45, 7) is 4.51. The van der Waals surface area contributed by atoms with Crippen LogP contribution in [0.1, 0.15) is 32.5 Å². The molecule has 1 unspecified atom stereocenters.